The fourth-order valence-corrected chi connectivity index (χ4v) is 5.87. The second-order valence-corrected chi connectivity index (χ2v) is 10.4. The summed E-state index contributed by atoms with van der Waals surface area (Å²) < 4.78 is 53.1. The van der Waals surface area contributed by atoms with Crippen molar-refractivity contribution in [3.63, 3.8) is 0 Å². The highest BCUT2D eigenvalue weighted by Crippen LogP contribution is 2.32. The highest BCUT2D eigenvalue weighted by Gasteiger charge is 2.45. The Morgan fingerprint density at radius 2 is 1.64 bits per heavy atom. The van der Waals surface area contributed by atoms with E-state index in [4.69, 9.17) is 0 Å². The van der Waals surface area contributed by atoms with Crippen LogP contribution in [0.4, 0.5) is 11.6 Å². The molecule has 3 aromatic rings. The molecule has 1 aromatic heterocycles. The number of amides is 2. The molecule has 33 heavy (non-hydrogen) atoms. The Labute approximate surface area is 189 Å². The lowest BCUT2D eigenvalue weighted by atomic mass is 10.2. The number of hydrogen-bond donors (Lipinski definition) is 2. The summed E-state index contributed by atoms with van der Waals surface area (Å²) >= 11 is 0. The zero-order valence-electron chi connectivity index (χ0n) is 17.0. The highest BCUT2D eigenvalue weighted by atomic mass is 32.2. The topological polar surface area (TPSA) is 155 Å². The van der Waals surface area contributed by atoms with E-state index in [0.29, 0.717) is 4.31 Å². The summed E-state index contributed by atoms with van der Waals surface area (Å²) in [6.07, 6.45) is 2.77. The second-order valence-electron chi connectivity index (χ2n) is 6.97. The van der Waals surface area contributed by atoms with E-state index in [1.54, 1.807) is 0 Å². The maximum Gasteiger partial charge on any atom is 0.269 e. The maximum atomic E-state index is 12.7. The average molecular weight is 488 g/mol. The molecule has 0 radical (unpaired) electrons. The Morgan fingerprint density at radius 3 is 2.27 bits per heavy atom. The van der Waals surface area contributed by atoms with Crippen molar-refractivity contribution in [2.75, 3.05) is 10.0 Å². The van der Waals surface area contributed by atoms with Gasteiger partial charge in [-0.25, -0.2) is 35.8 Å². The van der Waals surface area contributed by atoms with Crippen LogP contribution in [0.1, 0.15) is 17.3 Å². The molecule has 1 aliphatic rings. The van der Waals surface area contributed by atoms with Gasteiger partial charge in [0.05, 0.1) is 10.5 Å². The van der Waals surface area contributed by atoms with Crippen LogP contribution in [0.3, 0.4) is 0 Å². The third kappa shape index (κ3) is 4.15. The van der Waals surface area contributed by atoms with Gasteiger partial charge in [-0.3, -0.25) is 9.59 Å². The molecular formula is C20H17N5O6S2. The number of fused-ring (bicyclic) bond motifs is 1. The molecule has 170 valence electrons. The third-order valence-corrected chi connectivity index (χ3v) is 8.07. The molecule has 0 spiro atoms. The van der Waals surface area contributed by atoms with Gasteiger partial charge in [0.2, 0.25) is 11.9 Å². The zero-order valence-corrected chi connectivity index (χ0v) is 18.7. The van der Waals surface area contributed by atoms with Gasteiger partial charge in [0, 0.05) is 18.1 Å². The molecule has 0 saturated carbocycles. The predicted octanol–water partition coefficient (Wildman–Crippen LogP) is 1.45. The third-order valence-electron chi connectivity index (χ3n) is 4.81. The number of anilines is 2. The molecule has 1 atom stereocenters. The van der Waals surface area contributed by atoms with Crippen molar-refractivity contribution in [1.29, 1.82) is 0 Å². The van der Waals surface area contributed by atoms with Crippen LogP contribution in [0.5, 0.6) is 0 Å². The lowest BCUT2D eigenvalue weighted by Crippen LogP contribution is -2.45. The normalized spacial score (nSPS) is 15.5. The van der Waals surface area contributed by atoms with Crippen LogP contribution in [0.25, 0.3) is 0 Å². The van der Waals surface area contributed by atoms with E-state index < -0.39 is 37.9 Å². The molecule has 0 aliphatic carbocycles. The first kappa shape index (κ1) is 22.4. The molecule has 1 aliphatic heterocycles. The summed E-state index contributed by atoms with van der Waals surface area (Å²) in [6.45, 7) is 1.29. The lowest BCUT2D eigenvalue weighted by Gasteiger charge is -2.22. The van der Waals surface area contributed by atoms with Crippen molar-refractivity contribution in [3.05, 3.63) is 72.6 Å². The van der Waals surface area contributed by atoms with Crippen molar-refractivity contribution in [1.82, 2.24) is 14.3 Å². The molecular weight excluding hydrogens is 470 g/mol. The number of carbonyl (C=O) groups excluding carboxylic acids is 2. The highest BCUT2D eigenvalue weighted by molar-refractivity contribution is 7.92. The predicted molar refractivity (Wildman–Crippen MR) is 117 cm³/mol. The lowest BCUT2D eigenvalue weighted by molar-refractivity contribution is -0.118. The quantitative estimate of drug-likeness (QED) is 0.529. The number of aromatic nitrogens is 2. The number of nitrogens with one attached hydrogen (secondary N) is 2. The maximum absolute atomic E-state index is 12.7. The van der Waals surface area contributed by atoms with Crippen LogP contribution >= 0.6 is 0 Å². The zero-order chi connectivity index (χ0) is 23.8. The number of sulfonamides is 2. The number of benzene rings is 2. The largest absolute Gasteiger partial charge is 0.324 e. The van der Waals surface area contributed by atoms with Gasteiger partial charge >= 0.3 is 0 Å². The first-order valence-corrected chi connectivity index (χ1v) is 12.4. The molecule has 0 bridgehead atoms. The van der Waals surface area contributed by atoms with Gasteiger partial charge in [0.1, 0.15) is 10.9 Å². The molecule has 13 heteroatoms. The van der Waals surface area contributed by atoms with E-state index in [0.717, 1.165) is 0 Å². The van der Waals surface area contributed by atoms with E-state index in [2.05, 4.69) is 20.0 Å². The molecule has 0 unspecified atom stereocenters. The summed E-state index contributed by atoms with van der Waals surface area (Å²) in [5.41, 5.74) is 0.213. The first-order valence-electron chi connectivity index (χ1n) is 9.50. The van der Waals surface area contributed by atoms with Gasteiger partial charge in [-0.2, -0.15) is 0 Å². The Kier molecular flexibility index (Phi) is 5.59. The molecule has 2 heterocycles. The van der Waals surface area contributed by atoms with Gasteiger partial charge in [0.25, 0.3) is 26.0 Å². The van der Waals surface area contributed by atoms with Gasteiger partial charge in [-0.1, -0.05) is 12.1 Å². The minimum atomic E-state index is -4.16. The molecule has 2 aromatic carbocycles. The Hall–Kier alpha value is -3.84. The SMILES string of the molecule is C[C@@H](C(=O)Nc1ccc(S(=O)(=O)Nc2ncccn2)cc1)N1C(=O)c2ccccc2S1(=O)=O. The van der Waals surface area contributed by atoms with Gasteiger partial charge in [-0.05, 0) is 49.4 Å². The van der Waals surface area contributed by atoms with E-state index >= 15 is 0 Å². The van der Waals surface area contributed by atoms with Crippen molar-refractivity contribution < 1.29 is 26.4 Å². The van der Waals surface area contributed by atoms with Gasteiger partial charge < -0.3 is 5.32 Å². The molecule has 2 N–H and O–H groups in total. The molecule has 4 rings (SSSR count). The summed E-state index contributed by atoms with van der Waals surface area (Å²) in [6, 6.07) is 11.1. The molecule has 11 nitrogen and oxygen atoms in total. The van der Waals surface area contributed by atoms with Crippen LogP contribution in [0.2, 0.25) is 0 Å². The van der Waals surface area contributed by atoms with E-state index in [1.165, 1.54) is 73.9 Å². The standard InChI is InChI=1S/C20H17N5O6S2/c1-13(25-19(27)16-5-2-3-6-17(16)33(25,30)31)18(26)23-14-7-9-15(10-8-14)32(28,29)24-20-21-11-4-12-22-20/h2-13H,1H3,(H,23,26)(H,21,22,24)/t13-/m0/s1. The minimum absolute atomic E-state index is 0.00149. The van der Waals surface area contributed by atoms with E-state index in [-0.39, 0.29) is 27.0 Å². The molecule has 2 amide bonds. The fourth-order valence-electron chi connectivity index (χ4n) is 3.19. The van der Waals surface area contributed by atoms with Crippen LogP contribution in [0.15, 0.2) is 76.8 Å². The van der Waals surface area contributed by atoms with Crippen LogP contribution < -0.4 is 10.0 Å². The van der Waals surface area contributed by atoms with Crippen molar-refractivity contribution in [2.45, 2.75) is 22.8 Å². The molecule has 0 saturated heterocycles. The first-order chi connectivity index (χ1) is 15.6. The fraction of sp³-hybridized carbons (Fsp3) is 0.100. The van der Waals surface area contributed by atoms with E-state index in [9.17, 15) is 26.4 Å². The average Bonchev–Trinajstić information content (AvgIpc) is 2.99. The summed E-state index contributed by atoms with van der Waals surface area (Å²) in [4.78, 5) is 32.6. The number of hydrogen-bond acceptors (Lipinski definition) is 8. The van der Waals surface area contributed by atoms with Crippen molar-refractivity contribution in [3.8, 4) is 0 Å². The van der Waals surface area contributed by atoms with Gasteiger partial charge in [-0.15, -0.1) is 0 Å². The van der Waals surface area contributed by atoms with Crippen LogP contribution in [-0.2, 0) is 24.8 Å². The van der Waals surface area contributed by atoms with Crippen molar-refractivity contribution >= 4 is 43.5 Å². The monoisotopic (exact) mass is 487 g/mol. The Bertz CT molecular complexity index is 1440. The minimum Gasteiger partial charge on any atom is -0.324 e. The smallest absolute Gasteiger partial charge is 0.269 e. The summed E-state index contributed by atoms with van der Waals surface area (Å²) in [5.74, 6) is -1.64. The van der Waals surface area contributed by atoms with E-state index in [1.807, 2.05) is 0 Å². The number of nitrogens with zero attached hydrogens (tertiary/aromatic N) is 3. The summed E-state index contributed by atoms with van der Waals surface area (Å²) in [7, 11) is -8.13. The summed E-state index contributed by atoms with van der Waals surface area (Å²) in [5, 5.41) is 2.49. The number of carbonyl (C=O) groups is 2. The molecule has 0 fully saturated rings. The van der Waals surface area contributed by atoms with Crippen molar-refractivity contribution in [2.24, 2.45) is 0 Å². The number of rotatable bonds is 6. The Morgan fingerprint density at radius 1 is 1.00 bits per heavy atom. The van der Waals surface area contributed by atoms with Crippen LogP contribution in [0, 0.1) is 0 Å². The second kappa shape index (κ2) is 8.26. The van der Waals surface area contributed by atoms with Gasteiger partial charge in [0.15, 0.2) is 0 Å². The van der Waals surface area contributed by atoms with Crippen LogP contribution in [-0.4, -0.2) is 49.0 Å². The Balaban J connectivity index is 1.49.